The van der Waals surface area contributed by atoms with Gasteiger partial charge in [0.2, 0.25) is 0 Å². The summed E-state index contributed by atoms with van der Waals surface area (Å²) in [5, 5.41) is 3.31. The number of rotatable bonds is 3. The lowest BCUT2D eigenvalue weighted by Gasteiger charge is -2.10. The second-order valence-electron chi connectivity index (χ2n) is 3.73. The van der Waals surface area contributed by atoms with Crippen molar-refractivity contribution in [2.45, 2.75) is 18.9 Å². The third-order valence-electron chi connectivity index (χ3n) is 2.86. The molecule has 1 aromatic carbocycles. The molecule has 0 aromatic heterocycles. The Kier molecular flexibility index (Phi) is 2.94. The summed E-state index contributed by atoms with van der Waals surface area (Å²) in [7, 11) is 2.00. The lowest BCUT2D eigenvalue weighted by molar-refractivity contribution is 0.370. The van der Waals surface area contributed by atoms with Crippen LogP contribution in [0.2, 0.25) is 0 Å². The van der Waals surface area contributed by atoms with Crippen molar-refractivity contribution < 1.29 is 4.74 Å². The first kappa shape index (κ1) is 10.1. The first-order chi connectivity index (χ1) is 7.35. The molecule has 2 nitrogen and oxygen atoms in total. The van der Waals surface area contributed by atoms with Gasteiger partial charge in [-0.05, 0) is 43.1 Å². The van der Waals surface area contributed by atoms with E-state index in [4.69, 9.17) is 11.2 Å². The summed E-state index contributed by atoms with van der Waals surface area (Å²) >= 11 is 0. The van der Waals surface area contributed by atoms with Gasteiger partial charge in [0.1, 0.15) is 12.4 Å². The molecular weight excluding hydrogens is 186 g/mol. The molecule has 0 amide bonds. The molecule has 0 radical (unpaired) electrons. The van der Waals surface area contributed by atoms with E-state index in [-0.39, 0.29) is 0 Å². The van der Waals surface area contributed by atoms with E-state index in [0.717, 1.165) is 12.2 Å². The van der Waals surface area contributed by atoms with Crippen molar-refractivity contribution in [3.8, 4) is 18.1 Å². The van der Waals surface area contributed by atoms with Crippen LogP contribution in [0.1, 0.15) is 23.6 Å². The fourth-order valence-corrected chi connectivity index (χ4v) is 2.11. The van der Waals surface area contributed by atoms with Crippen LogP contribution in [-0.2, 0) is 6.42 Å². The van der Waals surface area contributed by atoms with Crippen molar-refractivity contribution in [2.75, 3.05) is 13.7 Å². The van der Waals surface area contributed by atoms with Crippen LogP contribution in [0.4, 0.5) is 0 Å². The number of fused-ring (bicyclic) bond motifs is 1. The van der Waals surface area contributed by atoms with Crippen LogP contribution in [0.15, 0.2) is 18.2 Å². The van der Waals surface area contributed by atoms with E-state index in [0.29, 0.717) is 12.6 Å². The van der Waals surface area contributed by atoms with Gasteiger partial charge in [0.25, 0.3) is 0 Å². The number of terminal acetylenes is 1. The molecule has 1 aromatic rings. The molecule has 0 fully saturated rings. The highest BCUT2D eigenvalue weighted by Crippen LogP contribution is 2.33. The third-order valence-corrected chi connectivity index (χ3v) is 2.86. The summed E-state index contributed by atoms with van der Waals surface area (Å²) in [6, 6.07) is 6.73. The summed E-state index contributed by atoms with van der Waals surface area (Å²) in [6.45, 7) is 0.342. The number of aryl methyl sites for hydroxylation is 1. The highest BCUT2D eigenvalue weighted by molar-refractivity contribution is 5.40. The molecule has 0 aliphatic heterocycles. The molecule has 15 heavy (non-hydrogen) atoms. The van der Waals surface area contributed by atoms with Crippen molar-refractivity contribution >= 4 is 0 Å². The predicted molar refractivity (Wildman–Crippen MR) is 60.9 cm³/mol. The van der Waals surface area contributed by atoms with Gasteiger partial charge in [0, 0.05) is 6.04 Å². The van der Waals surface area contributed by atoms with Crippen LogP contribution in [0.25, 0.3) is 0 Å². The summed E-state index contributed by atoms with van der Waals surface area (Å²) in [5.41, 5.74) is 2.77. The first-order valence-corrected chi connectivity index (χ1v) is 5.21. The van der Waals surface area contributed by atoms with Crippen molar-refractivity contribution in [1.82, 2.24) is 5.32 Å². The average Bonchev–Trinajstić information content (AvgIpc) is 2.68. The van der Waals surface area contributed by atoms with Gasteiger partial charge in [-0.25, -0.2) is 0 Å². The molecule has 0 saturated carbocycles. The number of benzene rings is 1. The zero-order valence-corrected chi connectivity index (χ0v) is 8.92. The molecule has 1 aliphatic rings. The topological polar surface area (TPSA) is 21.3 Å². The largest absolute Gasteiger partial charge is 0.481 e. The van der Waals surface area contributed by atoms with E-state index in [1.54, 1.807) is 0 Å². The molecule has 78 valence electrons. The van der Waals surface area contributed by atoms with Crippen molar-refractivity contribution in [2.24, 2.45) is 0 Å². The molecule has 1 atom stereocenters. The Morgan fingerprint density at radius 1 is 1.60 bits per heavy atom. The summed E-state index contributed by atoms with van der Waals surface area (Å²) < 4.78 is 5.39. The normalized spacial score (nSPS) is 18.3. The van der Waals surface area contributed by atoms with Gasteiger partial charge in [0.15, 0.2) is 0 Å². The fourth-order valence-electron chi connectivity index (χ4n) is 2.11. The van der Waals surface area contributed by atoms with E-state index in [1.807, 2.05) is 13.1 Å². The van der Waals surface area contributed by atoms with Gasteiger partial charge < -0.3 is 10.1 Å². The molecule has 2 heteroatoms. The van der Waals surface area contributed by atoms with Crippen molar-refractivity contribution in [3.05, 3.63) is 29.3 Å². The third kappa shape index (κ3) is 1.98. The minimum atomic E-state index is 0.342. The number of hydrogen-bond donors (Lipinski definition) is 1. The van der Waals surface area contributed by atoms with Crippen LogP contribution >= 0.6 is 0 Å². The Morgan fingerprint density at radius 3 is 3.20 bits per heavy atom. The molecule has 0 spiro atoms. The predicted octanol–water partition coefficient (Wildman–Crippen LogP) is 1.91. The molecular formula is C13H15NO. The van der Waals surface area contributed by atoms with Gasteiger partial charge in [0.05, 0.1) is 0 Å². The van der Waals surface area contributed by atoms with Crippen LogP contribution in [0, 0.1) is 12.3 Å². The second-order valence-corrected chi connectivity index (χ2v) is 3.73. The zero-order chi connectivity index (χ0) is 10.7. The maximum Gasteiger partial charge on any atom is 0.148 e. The van der Waals surface area contributed by atoms with Gasteiger partial charge in [-0.3, -0.25) is 0 Å². The summed E-state index contributed by atoms with van der Waals surface area (Å²) in [6.07, 6.45) is 7.44. The standard InChI is InChI=1S/C13H15NO/c1-3-8-15-11-5-6-12-10(9-11)4-7-13(12)14-2/h1,5-6,9,13-14H,4,7-8H2,2H3. The summed E-state index contributed by atoms with van der Waals surface area (Å²) in [4.78, 5) is 0. The Bertz CT molecular complexity index is 392. The average molecular weight is 201 g/mol. The molecule has 2 rings (SSSR count). The van der Waals surface area contributed by atoms with E-state index in [2.05, 4.69) is 23.4 Å². The minimum Gasteiger partial charge on any atom is -0.481 e. The molecule has 1 unspecified atom stereocenters. The van der Waals surface area contributed by atoms with E-state index in [9.17, 15) is 0 Å². The number of nitrogens with one attached hydrogen (secondary N) is 1. The van der Waals surface area contributed by atoms with Crippen molar-refractivity contribution in [1.29, 1.82) is 0 Å². The Hall–Kier alpha value is -1.46. The maximum atomic E-state index is 5.39. The minimum absolute atomic E-state index is 0.342. The van der Waals surface area contributed by atoms with Gasteiger partial charge in [-0.15, -0.1) is 6.42 Å². The number of ether oxygens (including phenoxy) is 1. The summed E-state index contributed by atoms with van der Waals surface area (Å²) in [5.74, 6) is 3.35. The Labute approximate surface area is 90.6 Å². The monoisotopic (exact) mass is 201 g/mol. The molecule has 0 bridgehead atoms. The fraction of sp³-hybridized carbons (Fsp3) is 0.385. The quantitative estimate of drug-likeness (QED) is 0.754. The van der Waals surface area contributed by atoms with Crippen LogP contribution < -0.4 is 10.1 Å². The van der Waals surface area contributed by atoms with E-state index in [1.165, 1.54) is 17.5 Å². The van der Waals surface area contributed by atoms with Gasteiger partial charge in [-0.1, -0.05) is 12.0 Å². The Balaban J connectivity index is 2.18. The lowest BCUT2D eigenvalue weighted by Crippen LogP contribution is -2.12. The first-order valence-electron chi connectivity index (χ1n) is 5.21. The zero-order valence-electron chi connectivity index (χ0n) is 8.92. The van der Waals surface area contributed by atoms with Gasteiger partial charge >= 0.3 is 0 Å². The molecule has 1 aliphatic carbocycles. The maximum absolute atomic E-state index is 5.39. The van der Waals surface area contributed by atoms with Crippen LogP contribution in [-0.4, -0.2) is 13.7 Å². The van der Waals surface area contributed by atoms with Gasteiger partial charge in [-0.2, -0.15) is 0 Å². The van der Waals surface area contributed by atoms with Crippen molar-refractivity contribution in [3.63, 3.8) is 0 Å². The van der Waals surface area contributed by atoms with E-state index >= 15 is 0 Å². The Morgan fingerprint density at radius 2 is 2.47 bits per heavy atom. The smallest absolute Gasteiger partial charge is 0.148 e. The molecule has 1 N–H and O–H groups in total. The molecule has 0 heterocycles. The number of hydrogen-bond acceptors (Lipinski definition) is 2. The van der Waals surface area contributed by atoms with Crippen LogP contribution in [0.3, 0.4) is 0 Å². The lowest BCUT2D eigenvalue weighted by atomic mass is 10.1. The second kappa shape index (κ2) is 4.37. The SMILES string of the molecule is C#CCOc1ccc2c(c1)CCC2NC. The van der Waals surface area contributed by atoms with E-state index < -0.39 is 0 Å². The highest BCUT2D eigenvalue weighted by atomic mass is 16.5. The molecule has 0 saturated heterocycles. The van der Waals surface area contributed by atoms with Crippen LogP contribution in [0.5, 0.6) is 5.75 Å². The highest BCUT2D eigenvalue weighted by Gasteiger charge is 2.20.